The van der Waals surface area contributed by atoms with E-state index in [1.165, 1.54) is 27.0 Å². The molecule has 2 aromatic heterocycles. The third-order valence-electron chi connectivity index (χ3n) is 6.07. The van der Waals surface area contributed by atoms with Gasteiger partial charge in [-0.1, -0.05) is 18.2 Å². The maximum atomic E-state index is 13.3. The standard InChI is InChI=1S/C27H21N3O4S/c1-2-34-27(33)16-10-12-17(13-11-16)30-25(31)20-7-4-3-6-18(20)22(26(30)32)15-29-24-21(14-28)19-8-5-9-23(19)35-24/h3-4,6-7,10-13,15,32H,2,5,8-9H2,1H3. The molecule has 0 amide bonds. The van der Waals surface area contributed by atoms with Crippen LogP contribution >= 0.6 is 11.3 Å². The molecule has 0 radical (unpaired) electrons. The van der Waals surface area contributed by atoms with Gasteiger partial charge < -0.3 is 9.84 Å². The summed E-state index contributed by atoms with van der Waals surface area (Å²) >= 11 is 1.50. The zero-order valence-electron chi connectivity index (χ0n) is 18.9. The van der Waals surface area contributed by atoms with Gasteiger partial charge in [-0.2, -0.15) is 5.26 Å². The Balaban J connectivity index is 1.65. The summed E-state index contributed by atoms with van der Waals surface area (Å²) in [4.78, 5) is 31.1. The van der Waals surface area contributed by atoms with Gasteiger partial charge in [-0.05, 0) is 62.1 Å². The first-order valence-corrected chi connectivity index (χ1v) is 12.1. The van der Waals surface area contributed by atoms with Crippen molar-refractivity contribution in [1.29, 1.82) is 5.26 Å². The second-order valence-corrected chi connectivity index (χ2v) is 9.18. The highest BCUT2D eigenvalue weighted by atomic mass is 32.1. The molecule has 0 spiro atoms. The SMILES string of the molecule is CCOC(=O)c1ccc(-n2c(O)c(C=Nc3sc4c(c3C#N)CCC4)c3ccccc3c2=O)cc1. The Morgan fingerprint density at radius 1 is 1.20 bits per heavy atom. The van der Waals surface area contributed by atoms with Crippen LogP contribution < -0.4 is 5.56 Å². The van der Waals surface area contributed by atoms with Gasteiger partial charge in [-0.15, -0.1) is 11.3 Å². The lowest BCUT2D eigenvalue weighted by molar-refractivity contribution is 0.0526. The highest BCUT2D eigenvalue weighted by molar-refractivity contribution is 7.16. The predicted molar refractivity (Wildman–Crippen MR) is 135 cm³/mol. The molecular weight excluding hydrogens is 462 g/mol. The molecule has 35 heavy (non-hydrogen) atoms. The molecule has 5 rings (SSSR count). The topological polar surface area (TPSA) is 105 Å². The lowest BCUT2D eigenvalue weighted by Crippen LogP contribution is -2.20. The normalized spacial score (nSPS) is 12.7. The van der Waals surface area contributed by atoms with E-state index in [1.807, 2.05) is 0 Å². The van der Waals surface area contributed by atoms with Crippen LogP contribution in [0.15, 0.2) is 58.3 Å². The van der Waals surface area contributed by atoms with E-state index < -0.39 is 11.5 Å². The fourth-order valence-corrected chi connectivity index (χ4v) is 5.59. The number of aromatic nitrogens is 1. The molecule has 1 aliphatic carbocycles. The summed E-state index contributed by atoms with van der Waals surface area (Å²) in [7, 11) is 0. The maximum absolute atomic E-state index is 13.3. The summed E-state index contributed by atoms with van der Waals surface area (Å²) in [6, 6.07) is 15.5. The van der Waals surface area contributed by atoms with Crippen LogP contribution in [0.3, 0.4) is 0 Å². The summed E-state index contributed by atoms with van der Waals surface area (Å²) in [6.45, 7) is 1.99. The van der Waals surface area contributed by atoms with Crippen molar-refractivity contribution in [2.24, 2.45) is 4.99 Å². The van der Waals surface area contributed by atoms with Gasteiger partial charge in [0.15, 0.2) is 0 Å². The van der Waals surface area contributed by atoms with Crippen LogP contribution in [0.2, 0.25) is 0 Å². The van der Waals surface area contributed by atoms with Crippen molar-refractivity contribution in [1.82, 2.24) is 4.57 Å². The van der Waals surface area contributed by atoms with Crippen LogP contribution in [0.1, 0.15) is 45.3 Å². The van der Waals surface area contributed by atoms with Crippen molar-refractivity contribution in [2.45, 2.75) is 26.2 Å². The van der Waals surface area contributed by atoms with E-state index >= 15 is 0 Å². The fraction of sp³-hybridized carbons (Fsp3) is 0.185. The number of rotatable bonds is 5. The Kier molecular flexibility index (Phi) is 5.93. The molecule has 0 fully saturated rings. The van der Waals surface area contributed by atoms with Gasteiger partial charge in [0, 0.05) is 21.9 Å². The molecule has 7 nitrogen and oxygen atoms in total. The number of ether oxygens (including phenoxy) is 1. The van der Waals surface area contributed by atoms with Crippen LogP contribution in [0.25, 0.3) is 16.5 Å². The van der Waals surface area contributed by atoms with E-state index in [4.69, 9.17) is 4.74 Å². The molecule has 2 heterocycles. The van der Waals surface area contributed by atoms with Crippen LogP contribution in [-0.4, -0.2) is 28.5 Å². The molecule has 0 atom stereocenters. The summed E-state index contributed by atoms with van der Waals surface area (Å²) in [5, 5.41) is 22.5. The third-order valence-corrected chi connectivity index (χ3v) is 7.27. The highest BCUT2D eigenvalue weighted by Crippen LogP contribution is 2.40. The van der Waals surface area contributed by atoms with E-state index in [9.17, 15) is 20.0 Å². The lowest BCUT2D eigenvalue weighted by atomic mass is 10.1. The van der Waals surface area contributed by atoms with Gasteiger partial charge in [-0.25, -0.2) is 14.4 Å². The molecule has 8 heteroatoms. The smallest absolute Gasteiger partial charge is 0.338 e. The minimum atomic E-state index is -0.460. The van der Waals surface area contributed by atoms with Gasteiger partial charge in [0.25, 0.3) is 5.56 Å². The zero-order valence-corrected chi connectivity index (χ0v) is 19.8. The largest absolute Gasteiger partial charge is 0.494 e. The number of nitriles is 1. The number of thiophene rings is 1. The van der Waals surface area contributed by atoms with E-state index in [0.717, 1.165) is 24.8 Å². The van der Waals surface area contributed by atoms with E-state index in [1.54, 1.807) is 55.5 Å². The average molecular weight is 484 g/mol. The number of carbonyl (C=O) groups is 1. The second kappa shape index (κ2) is 9.20. The molecular formula is C27H21N3O4S. The highest BCUT2D eigenvalue weighted by Gasteiger charge is 2.22. The minimum Gasteiger partial charge on any atom is -0.494 e. The van der Waals surface area contributed by atoms with Gasteiger partial charge in [0.05, 0.1) is 29.0 Å². The molecule has 0 aliphatic heterocycles. The molecule has 1 N–H and O–H groups in total. The zero-order chi connectivity index (χ0) is 24.5. The molecule has 4 aromatic rings. The Labute approximate surface area is 205 Å². The number of aliphatic imine (C=N–C) groups is 1. The van der Waals surface area contributed by atoms with Gasteiger partial charge in [-0.3, -0.25) is 4.79 Å². The molecule has 0 bridgehead atoms. The summed E-state index contributed by atoms with van der Waals surface area (Å²) in [6.07, 6.45) is 4.39. The number of carbonyl (C=O) groups excluding carboxylic acids is 1. The number of pyridine rings is 1. The number of fused-ring (bicyclic) bond motifs is 2. The molecule has 1 aliphatic rings. The minimum absolute atomic E-state index is 0.259. The molecule has 0 saturated carbocycles. The number of esters is 1. The first-order chi connectivity index (χ1) is 17.0. The van der Waals surface area contributed by atoms with Gasteiger partial charge >= 0.3 is 5.97 Å². The van der Waals surface area contributed by atoms with Crippen LogP contribution in [-0.2, 0) is 17.6 Å². The van der Waals surface area contributed by atoms with Gasteiger partial charge in [0.1, 0.15) is 11.1 Å². The number of nitrogens with zero attached hydrogens (tertiary/aromatic N) is 3. The lowest BCUT2D eigenvalue weighted by Gasteiger charge is -2.14. The molecule has 0 unspecified atom stereocenters. The summed E-state index contributed by atoms with van der Waals surface area (Å²) in [5.74, 6) is -0.734. The first-order valence-electron chi connectivity index (χ1n) is 11.3. The second-order valence-electron chi connectivity index (χ2n) is 8.10. The first kappa shape index (κ1) is 22.6. The van der Waals surface area contributed by atoms with Crippen molar-refractivity contribution in [3.63, 3.8) is 0 Å². The number of benzene rings is 2. The molecule has 2 aromatic carbocycles. The Morgan fingerprint density at radius 3 is 2.66 bits per heavy atom. The van der Waals surface area contributed by atoms with Crippen molar-refractivity contribution < 1.29 is 14.6 Å². The average Bonchev–Trinajstić information content (AvgIpc) is 3.45. The van der Waals surface area contributed by atoms with Crippen molar-refractivity contribution in [3.05, 3.63) is 86.0 Å². The number of aromatic hydroxyl groups is 1. The Morgan fingerprint density at radius 2 is 1.94 bits per heavy atom. The monoisotopic (exact) mass is 483 g/mol. The maximum Gasteiger partial charge on any atom is 0.338 e. The number of aryl methyl sites for hydroxylation is 1. The van der Waals surface area contributed by atoms with E-state index in [0.29, 0.717) is 38.2 Å². The predicted octanol–water partition coefficient (Wildman–Crippen LogP) is 5.05. The summed E-state index contributed by atoms with van der Waals surface area (Å²) in [5.41, 5.74) is 2.38. The van der Waals surface area contributed by atoms with Crippen LogP contribution in [0, 0.1) is 11.3 Å². The van der Waals surface area contributed by atoms with Crippen LogP contribution in [0.4, 0.5) is 5.00 Å². The van der Waals surface area contributed by atoms with Crippen LogP contribution in [0.5, 0.6) is 5.88 Å². The number of hydrogen-bond acceptors (Lipinski definition) is 7. The van der Waals surface area contributed by atoms with E-state index in [-0.39, 0.29) is 12.5 Å². The Hall–Kier alpha value is -4.22. The fourth-order valence-electron chi connectivity index (χ4n) is 4.41. The van der Waals surface area contributed by atoms with Gasteiger partial charge in [0.2, 0.25) is 5.88 Å². The van der Waals surface area contributed by atoms with Crippen molar-refractivity contribution in [3.8, 4) is 17.6 Å². The van der Waals surface area contributed by atoms with Crippen molar-refractivity contribution in [2.75, 3.05) is 6.61 Å². The quantitative estimate of drug-likeness (QED) is 0.316. The number of hydrogen-bond donors (Lipinski definition) is 1. The Bertz CT molecular complexity index is 1590. The molecule has 174 valence electrons. The molecule has 0 saturated heterocycles. The summed E-state index contributed by atoms with van der Waals surface area (Å²) < 4.78 is 6.21. The van der Waals surface area contributed by atoms with E-state index in [2.05, 4.69) is 11.1 Å². The van der Waals surface area contributed by atoms with Crippen molar-refractivity contribution >= 4 is 39.3 Å². The third kappa shape index (κ3) is 3.90.